The summed E-state index contributed by atoms with van der Waals surface area (Å²) in [7, 11) is 0. The van der Waals surface area contributed by atoms with Gasteiger partial charge in [0.05, 0.1) is 16.1 Å². The fourth-order valence-corrected chi connectivity index (χ4v) is 4.20. The van der Waals surface area contributed by atoms with Crippen LogP contribution in [0.1, 0.15) is 46.8 Å². The lowest BCUT2D eigenvalue weighted by molar-refractivity contribution is -0.384. The number of nitro benzene ring substituents is 1. The van der Waals surface area contributed by atoms with Gasteiger partial charge in [-0.15, -0.1) is 0 Å². The molecule has 3 rings (SSSR count). The zero-order valence-corrected chi connectivity index (χ0v) is 18.8. The maximum atomic E-state index is 13.3. The van der Waals surface area contributed by atoms with E-state index in [2.05, 4.69) is 5.32 Å². The summed E-state index contributed by atoms with van der Waals surface area (Å²) < 4.78 is 79.7. The Morgan fingerprint density at radius 2 is 1.58 bits per heavy atom. The molecule has 0 bridgehead atoms. The highest BCUT2D eigenvalue weighted by Gasteiger charge is 2.39. The Bertz CT molecular complexity index is 1120. The lowest BCUT2D eigenvalue weighted by atomic mass is 9.91. The number of likely N-dealkylation sites (tertiary alicyclic amines) is 1. The van der Waals surface area contributed by atoms with Gasteiger partial charge in [-0.3, -0.25) is 19.7 Å². The van der Waals surface area contributed by atoms with Crippen LogP contribution in [0, 0.1) is 10.1 Å². The number of piperidine rings is 1. The standard InChI is InChI=1S/C23H21F6N3O4/c1-13(33)30-18-6-7-31(20(12-18)8-14-2-4-19(5-3-14)32(35)36)21(34)15-9-16(22(24,25)26)11-17(10-15)23(27,28)29/h2-5,9-11,18,20H,6-8,12H2,1H3,(H,30,33)/t18-,20+/m0/s1. The zero-order chi connectivity index (χ0) is 26.8. The number of nitrogens with one attached hydrogen (secondary N) is 1. The predicted octanol–water partition coefficient (Wildman–Crippen LogP) is 4.98. The van der Waals surface area contributed by atoms with Gasteiger partial charge in [0.15, 0.2) is 0 Å². The van der Waals surface area contributed by atoms with E-state index in [0.717, 1.165) is 0 Å². The first-order chi connectivity index (χ1) is 16.6. The molecule has 36 heavy (non-hydrogen) atoms. The molecule has 1 saturated heterocycles. The quantitative estimate of drug-likeness (QED) is 0.344. The number of amides is 2. The summed E-state index contributed by atoms with van der Waals surface area (Å²) in [4.78, 5) is 36.2. The van der Waals surface area contributed by atoms with Crippen molar-refractivity contribution in [1.29, 1.82) is 0 Å². The Labute approximate surface area is 201 Å². The molecule has 0 unspecified atom stereocenters. The fourth-order valence-electron chi connectivity index (χ4n) is 4.20. The third-order valence-electron chi connectivity index (χ3n) is 5.84. The molecule has 0 saturated carbocycles. The average molecular weight is 517 g/mol. The number of halogens is 6. The van der Waals surface area contributed by atoms with E-state index in [0.29, 0.717) is 17.7 Å². The summed E-state index contributed by atoms with van der Waals surface area (Å²) in [6.07, 6.45) is -9.66. The average Bonchev–Trinajstić information content (AvgIpc) is 2.77. The number of hydrogen-bond acceptors (Lipinski definition) is 4. The Kier molecular flexibility index (Phi) is 7.60. The van der Waals surface area contributed by atoms with Gasteiger partial charge in [-0.2, -0.15) is 26.3 Å². The van der Waals surface area contributed by atoms with Crippen LogP contribution in [0.5, 0.6) is 0 Å². The molecule has 2 amide bonds. The normalized spacial score (nSPS) is 18.6. The molecule has 1 aliphatic rings. The van der Waals surface area contributed by atoms with Gasteiger partial charge in [-0.1, -0.05) is 12.1 Å². The minimum Gasteiger partial charge on any atom is -0.353 e. The van der Waals surface area contributed by atoms with Gasteiger partial charge in [0.1, 0.15) is 0 Å². The minimum atomic E-state index is -5.10. The van der Waals surface area contributed by atoms with Gasteiger partial charge in [-0.25, -0.2) is 0 Å². The molecule has 2 aromatic carbocycles. The number of carbonyl (C=O) groups excluding carboxylic acids is 2. The van der Waals surface area contributed by atoms with Crippen LogP contribution in [-0.2, 0) is 23.6 Å². The third kappa shape index (κ3) is 6.52. The molecule has 0 aliphatic carbocycles. The summed E-state index contributed by atoms with van der Waals surface area (Å²) >= 11 is 0. The number of carbonyl (C=O) groups is 2. The predicted molar refractivity (Wildman–Crippen MR) is 115 cm³/mol. The van der Waals surface area contributed by atoms with Crippen LogP contribution in [0.4, 0.5) is 32.0 Å². The van der Waals surface area contributed by atoms with E-state index < -0.39 is 45.9 Å². The lowest BCUT2D eigenvalue weighted by Gasteiger charge is -2.40. The van der Waals surface area contributed by atoms with E-state index in [9.17, 15) is 46.0 Å². The van der Waals surface area contributed by atoms with Crippen molar-refractivity contribution in [3.63, 3.8) is 0 Å². The van der Waals surface area contributed by atoms with Gasteiger partial charge in [0.25, 0.3) is 11.6 Å². The number of alkyl halides is 6. The molecule has 7 nitrogen and oxygen atoms in total. The summed E-state index contributed by atoms with van der Waals surface area (Å²) in [6.45, 7) is 1.27. The van der Waals surface area contributed by atoms with Crippen molar-refractivity contribution >= 4 is 17.5 Å². The van der Waals surface area contributed by atoms with E-state index in [1.807, 2.05) is 0 Å². The number of benzene rings is 2. The Hall–Kier alpha value is -3.64. The van der Waals surface area contributed by atoms with Crippen molar-refractivity contribution in [1.82, 2.24) is 10.2 Å². The van der Waals surface area contributed by atoms with Crippen molar-refractivity contribution in [3.8, 4) is 0 Å². The van der Waals surface area contributed by atoms with Crippen LogP contribution < -0.4 is 5.32 Å². The van der Waals surface area contributed by atoms with Crippen LogP contribution in [0.2, 0.25) is 0 Å². The van der Waals surface area contributed by atoms with Crippen LogP contribution in [0.25, 0.3) is 0 Å². The first kappa shape index (κ1) is 27.0. The van der Waals surface area contributed by atoms with E-state index in [1.165, 1.54) is 36.1 Å². The van der Waals surface area contributed by atoms with Crippen LogP contribution in [-0.4, -0.2) is 40.3 Å². The topological polar surface area (TPSA) is 92.6 Å². The van der Waals surface area contributed by atoms with Gasteiger partial charge in [0, 0.05) is 43.2 Å². The Balaban J connectivity index is 1.96. The smallest absolute Gasteiger partial charge is 0.353 e. The molecule has 1 aliphatic heterocycles. The molecule has 194 valence electrons. The first-order valence-corrected chi connectivity index (χ1v) is 10.8. The van der Waals surface area contributed by atoms with Gasteiger partial charge in [-0.05, 0) is 43.0 Å². The second-order valence-electron chi connectivity index (χ2n) is 8.50. The summed E-state index contributed by atoms with van der Waals surface area (Å²) in [5.41, 5.74) is -3.56. The molecule has 0 radical (unpaired) electrons. The molecule has 1 fully saturated rings. The molecule has 13 heteroatoms. The number of nitrogens with zero attached hydrogens (tertiary/aromatic N) is 2. The molecule has 0 aromatic heterocycles. The molecule has 2 atom stereocenters. The van der Waals surface area contributed by atoms with Crippen LogP contribution >= 0.6 is 0 Å². The maximum Gasteiger partial charge on any atom is 0.416 e. The maximum absolute atomic E-state index is 13.3. The SMILES string of the molecule is CC(=O)N[C@H]1CCN(C(=O)c2cc(C(F)(F)F)cc(C(F)(F)F)c2)[C@H](Cc2ccc([N+](=O)[O-])cc2)C1. The molecule has 1 N–H and O–H groups in total. The number of nitro groups is 1. The van der Waals surface area contributed by atoms with Gasteiger partial charge < -0.3 is 10.2 Å². The first-order valence-electron chi connectivity index (χ1n) is 10.8. The van der Waals surface area contributed by atoms with Crippen LogP contribution in [0.3, 0.4) is 0 Å². The highest BCUT2D eigenvalue weighted by molar-refractivity contribution is 5.95. The Morgan fingerprint density at radius 1 is 1.03 bits per heavy atom. The molecule has 1 heterocycles. The summed E-state index contributed by atoms with van der Waals surface area (Å²) in [5, 5.41) is 13.6. The number of non-ortho nitro benzene ring substituents is 1. The van der Waals surface area contributed by atoms with E-state index >= 15 is 0 Å². The lowest BCUT2D eigenvalue weighted by Crippen LogP contribution is -2.52. The highest BCUT2D eigenvalue weighted by Crippen LogP contribution is 2.37. The van der Waals surface area contributed by atoms with Crippen molar-refractivity contribution in [2.75, 3.05) is 6.54 Å². The monoisotopic (exact) mass is 517 g/mol. The minimum absolute atomic E-state index is 0.0287. The Morgan fingerprint density at radius 3 is 2.06 bits per heavy atom. The van der Waals surface area contributed by atoms with Gasteiger partial charge in [0.2, 0.25) is 5.91 Å². The van der Waals surface area contributed by atoms with Gasteiger partial charge >= 0.3 is 12.4 Å². The van der Waals surface area contributed by atoms with Crippen molar-refractivity contribution in [2.24, 2.45) is 0 Å². The molecular weight excluding hydrogens is 496 g/mol. The second-order valence-corrected chi connectivity index (χ2v) is 8.50. The third-order valence-corrected chi connectivity index (χ3v) is 5.84. The zero-order valence-electron chi connectivity index (χ0n) is 18.8. The van der Waals surface area contributed by atoms with E-state index in [4.69, 9.17) is 0 Å². The van der Waals surface area contributed by atoms with Crippen molar-refractivity contribution in [2.45, 2.75) is 50.6 Å². The van der Waals surface area contributed by atoms with Crippen molar-refractivity contribution in [3.05, 3.63) is 74.8 Å². The number of hydrogen-bond donors (Lipinski definition) is 1. The fraction of sp³-hybridized carbons (Fsp3) is 0.391. The molecular formula is C23H21F6N3O4. The molecule has 2 aromatic rings. The largest absolute Gasteiger partial charge is 0.416 e. The highest BCUT2D eigenvalue weighted by atomic mass is 19.4. The van der Waals surface area contributed by atoms with E-state index in [-0.39, 0.29) is 49.5 Å². The van der Waals surface area contributed by atoms with Crippen LogP contribution in [0.15, 0.2) is 42.5 Å². The van der Waals surface area contributed by atoms with E-state index in [1.54, 1.807) is 0 Å². The molecule has 0 spiro atoms. The second kappa shape index (κ2) is 10.2. The summed E-state index contributed by atoms with van der Waals surface area (Å²) in [6, 6.07) is 5.06. The number of rotatable bonds is 5. The summed E-state index contributed by atoms with van der Waals surface area (Å²) in [5.74, 6) is -1.35. The van der Waals surface area contributed by atoms with Crippen molar-refractivity contribution < 1.29 is 40.9 Å².